The number of aromatic nitrogens is 1. The summed E-state index contributed by atoms with van der Waals surface area (Å²) >= 11 is 1.76. The Morgan fingerprint density at radius 3 is 3.18 bits per heavy atom. The average Bonchev–Trinajstić information content (AvgIpc) is 2.31. The maximum absolute atomic E-state index is 5.93. The third kappa shape index (κ3) is 1.19. The molecule has 1 atom stereocenters. The molecule has 3 heteroatoms. The van der Waals surface area contributed by atoms with E-state index in [0.717, 1.165) is 17.8 Å². The van der Waals surface area contributed by atoms with Crippen LogP contribution in [0.2, 0.25) is 0 Å². The number of hydrogen-bond donors (Lipinski definition) is 1. The second-order valence-corrected chi connectivity index (χ2v) is 4.28. The van der Waals surface area contributed by atoms with E-state index in [1.54, 1.807) is 11.3 Å². The van der Waals surface area contributed by atoms with Gasteiger partial charge in [-0.25, -0.2) is 4.98 Å². The summed E-state index contributed by atoms with van der Waals surface area (Å²) in [5, 5.41) is 1.16. The van der Waals surface area contributed by atoms with Gasteiger partial charge in [0.25, 0.3) is 0 Å². The highest BCUT2D eigenvalue weighted by atomic mass is 32.1. The van der Waals surface area contributed by atoms with Gasteiger partial charge in [0.1, 0.15) is 0 Å². The zero-order valence-electron chi connectivity index (χ0n) is 6.63. The number of hydrogen-bond acceptors (Lipinski definition) is 3. The maximum atomic E-state index is 5.93. The first-order valence-corrected chi connectivity index (χ1v) is 4.81. The number of fused-ring (bicyclic) bond motifs is 1. The van der Waals surface area contributed by atoms with E-state index in [1.807, 2.05) is 0 Å². The molecule has 1 unspecified atom stereocenters. The van der Waals surface area contributed by atoms with Crippen molar-refractivity contribution >= 4 is 11.3 Å². The lowest BCUT2D eigenvalue weighted by Crippen LogP contribution is -2.15. The molecule has 1 aliphatic rings. The summed E-state index contributed by atoms with van der Waals surface area (Å²) in [6.07, 6.45) is 3.47. The molecule has 1 aromatic heterocycles. The summed E-state index contributed by atoms with van der Waals surface area (Å²) < 4.78 is 0. The molecule has 1 aromatic rings. The number of rotatable bonds is 0. The van der Waals surface area contributed by atoms with Crippen LogP contribution < -0.4 is 5.73 Å². The first-order valence-electron chi connectivity index (χ1n) is 3.99. The molecule has 2 N–H and O–H groups in total. The number of thiazole rings is 1. The standard InChI is InChI=1S/C8H12N2S/c1-5-10-7-4-2-3-6(9)8(7)11-5/h6H,2-4,9H2,1H3. The molecule has 0 fully saturated rings. The van der Waals surface area contributed by atoms with Crippen LogP contribution in [-0.2, 0) is 6.42 Å². The molecule has 60 valence electrons. The molecular weight excluding hydrogens is 156 g/mol. The molecule has 2 rings (SSSR count). The number of aryl methyl sites for hydroxylation is 2. The van der Waals surface area contributed by atoms with E-state index in [-0.39, 0.29) is 6.04 Å². The van der Waals surface area contributed by atoms with Gasteiger partial charge in [-0.3, -0.25) is 0 Å². The van der Waals surface area contributed by atoms with Gasteiger partial charge >= 0.3 is 0 Å². The normalized spacial score (nSPS) is 23.3. The molecule has 11 heavy (non-hydrogen) atoms. The van der Waals surface area contributed by atoms with E-state index < -0.39 is 0 Å². The van der Waals surface area contributed by atoms with E-state index in [0.29, 0.717) is 0 Å². The van der Waals surface area contributed by atoms with Crippen LogP contribution in [0.3, 0.4) is 0 Å². The minimum atomic E-state index is 0.268. The summed E-state index contributed by atoms with van der Waals surface area (Å²) in [5.41, 5.74) is 7.19. The fourth-order valence-corrected chi connectivity index (χ4v) is 2.58. The minimum absolute atomic E-state index is 0.268. The predicted molar refractivity (Wildman–Crippen MR) is 46.7 cm³/mol. The molecule has 0 spiro atoms. The molecule has 0 bridgehead atoms. The Kier molecular flexibility index (Phi) is 1.69. The molecule has 0 radical (unpaired) electrons. The second-order valence-electron chi connectivity index (χ2n) is 3.04. The monoisotopic (exact) mass is 168 g/mol. The Morgan fingerprint density at radius 1 is 1.64 bits per heavy atom. The van der Waals surface area contributed by atoms with Crippen molar-refractivity contribution in [2.45, 2.75) is 32.2 Å². The highest BCUT2D eigenvalue weighted by Gasteiger charge is 2.19. The summed E-state index contributed by atoms with van der Waals surface area (Å²) in [6, 6.07) is 0.268. The van der Waals surface area contributed by atoms with Crippen molar-refractivity contribution in [1.29, 1.82) is 0 Å². The van der Waals surface area contributed by atoms with Gasteiger partial charge in [0.2, 0.25) is 0 Å². The van der Waals surface area contributed by atoms with Gasteiger partial charge in [-0.2, -0.15) is 0 Å². The molecular formula is C8H12N2S. The predicted octanol–water partition coefficient (Wildman–Crippen LogP) is 1.79. The lowest BCUT2D eigenvalue weighted by atomic mass is 9.99. The van der Waals surface area contributed by atoms with Crippen molar-refractivity contribution in [3.8, 4) is 0 Å². The average molecular weight is 168 g/mol. The van der Waals surface area contributed by atoms with Crippen LogP contribution in [0.25, 0.3) is 0 Å². The first-order chi connectivity index (χ1) is 5.27. The fraction of sp³-hybridized carbons (Fsp3) is 0.625. The van der Waals surface area contributed by atoms with Gasteiger partial charge in [0.05, 0.1) is 10.7 Å². The van der Waals surface area contributed by atoms with Gasteiger partial charge in [0, 0.05) is 10.9 Å². The van der Waals surface area contributed by atoms with Crippen molar-refractivity contribution < 1.29 is 0 Å². The Labute approximate surface area is 70.5 Å². The molecule has 0 saturated heterocycles. The third-order valence-electron chi connectivity index (χ3n) is 2.10. The number of nitrogens with zero attached hydrogens (tertiary/aromatic N) is 1. The van der Waals surface area contributed by atoms with E-state index in [4.69, 9.17) is 5.73 Å². The Hall–Kier alpha value is -0.410. The highest BCUT2D eigenvalue weighted by molar-refractivity contribution is 7.11. The lowest BCUT2D eigenvalue weighted by Gasteiger charge is -2.15. The van der Waals surface area contributed by atoms with E-state index in [2.05, 4.69) is 11.9 Å². The van der Waals surface area contributed by atoms with Crippen LogP contribution in [0.1, 0.15) is 34.5 Å². The van der Waals surface area contributed by atoms with E-state index in [9.17, 15) is 0 Å². The second kappa shape index (κ2) is 2.57. The van der Waals surface area contributed by atoms with Crippen molar-refractivity contribution in [2.75, 3.05) is 0 Å². The number of nitrogens with two attached hydrogens (primary N) is 1. The summed E-state index contributed by atoms with van der Waals surface area (Å²) in [5.74, 6) is 0. The molecule has 2 nitrogen and oxygen atoms in total. The van der Waals surface area contributed by atoms with Gasteiger partial charge in [-0.05, 0) is 26.2 Å². The van der Waals surface area contributed by atoms with Gasteiger partial charge in [0.15, 0.2) is 0 Å². The van der Waals surface area contributed by atoms with Crippen LogP contribution >= 0.6 is 11.3 Å². The molecule has 1 aliphatic carbocycles. The summed E-state index contributed by atoms with van der Waals surface area (Å²) in [7, 11) is 0. The van der Waals surface area contributed by atoms with E-state index >= 15 is 0 Å². The molecule has 0 amide bonds. The zero-order chi connectivity index (χ0) is 7.84. The molecule has 0 aromatic carbocycles. The third-order valence-corrected chi connectivity index (χ3v) is 3.24. The van der Waals surface area contributed by atoms with Crippen LogP contribution in [0.15, 0.2) is 0 Å². The van der Waals surface area contributed by atoms with Crippen molar-refractivity contribution in [3.05, 3.63) is 15.6 Å². The zero-order valence-corrected chi connectivity index (χ0v) is 7.45. The van der Waals surface area contributed by atoms with Crippen LogP contribution in [-0.4, -0.2) is 4.98 Å². The minimum Gasteiger partial charge on any atom is -0.323 e. The van der Waals surface area contributed by atoms with Gasteiger partial charge in [-0.15, -0.1) is 11.3 Å². The molecule has 0 aliphatic heterocycles. The van der Waals surface area contributed by atoms with Crippen LogP contribution in [0.4, 0.5) is 0 Å². The molecule has 0 saturated carbocycles. The van der Waals surface area contributed by atoms with E-state index in [1.165, 1.54) is 17.0 Å². The SMILES string of the molecule is Cc1nc2c(s1)C(N)CCC2. The quantitative estimate of drug-likeness (QED) is 0.641. The van der Waals surface area contributed by atoms with Crippen LogP contribution in [0.5, 0.6) is 0 Å². The smallest absolute Gasteiger partial charge is 0.0900 e. The van der Waals surface area contributed by atoms with Crippen molar-refractivity contribution in [2.24, 2.45) is 5.73 Å². The summed E-state index contributed by atoms with van der Waals surface area (Å²) in [4.78, 5) is 5.77. The highest BCUT2D eigenvalue weighted by Crippen LogP contribution is 2.31. The van der Waals surface area contributed by atoms with Crippen LogP contribution in [0, 0.1) is 6.92 Å². The molecule has 1 heterocycles. The topological polar surface area (TPSA) is 38.9 Å². The van der Waals surface area contributed by atoms with Gasteiger partial charge < -0.3 is 5.73 Å². The first kappa shape index (κ1) is 7.25. The van der Waals surface area contributed by atoms with Gasteiger partial charge in [-0.1, -0.05) is 0 Å². The maximum Gasteiger partial charge on any atom is 0.0900 e. The summed E-state index contributed by atoms with van der Waals surface area (Å²) in [6.45, 7) is 2.05. The lowest BCUT2D eigenvalue weighted by molar-refractivity contribution is 0.573. The Morgan fingerprint density at radius 2 is 2.45 bits per heavy atom. The Bertz CT molecular complexity index is 267. The van der Waals surface area contributed by atoms with Crippen molar-refractivity contribution in [3.63, 3.8) is 0 Å². The fourth-order valence-electron chi connectivity index (χ4n) is 1.58. The largest absolute Gasteiger partial charge is 0.323 e. The van der Waals surface area contributed by atoms with Crippen molar-refractivity contribution in [1.82, 2.24) is 4.98 Å². The Balaban J connectivity index is 2.43.